The van der Waals surface area contributed by atoms with Crippen LogP contribution in [-0.4, -0.2) is 65.7 Å². The number of para-hydroxylation sites is 2. The molecule has 0 aliphatic carbocycles. The van der Waals surface area contributed by atoms with Gasteiger partial charge in [-0.25, -0.2) is 0 Å². The fraction of sp³-hybridized carbons (Fsp3) is 0.529. The molecule has 1 saturated heterocycles. The molecule has 2 aromatic rings. The lowest BCUT2D eigenvalue weighted by atomic mass is 10.3. The van der Waals surface area contributed by atoms with Crippen molar-refractivity contribution in [2.24, 2.45) is 0 Å². The summed E-state index contributed by atoms with van der Waals surface area (Å²) in [5.41, 5.74) is 0. The van der Waals surface area contributed by atoms with E-state index in [2.05, 4.69) is 15.0 Å². The molecule has 0 saturated carbocycles. The lowest BCUT2D eigenvalue weighted by molar-refractivity contribution is 0.00436. The first kappa shape index (κ1) is 17.7. The first-order valence-corrected chi connectivity index (χ1v) is 8.32. The van der Waals surface area contributed by atoms with Crippen molar-refractivity contribution in [3.8, 4) is 11.5 Å². The third-order valence-electron chi connectivity index (χ3n) is 3.77. The van der Waals surface area contributed by atoms with E-state index >= 15 is 0 Å². The van der Waals surface area contributed by atoms with E-state index in [1.165, 1.54) is 0 Å². The number of aryl methyl sites for hydroxylation is 1. The third-order valence-corrected chi connectivity index (χ3v) is 3.77. The van der Waals surface area contributed by atoms with Crippen molar-refractivity contribution >= 4 is 0 Å². The number of hydrogen-bond donors (Lipinski definition) is 1. The van der Waals surface area contributed by atoms with Crippen molar-refractivity contribution in [2.75, 3.05) is 39.5 Å². The Morgan fingerprint density at radius 3 is 2.60 bits per heavy atom. The first-order chi connectivity index (χ1) is 12.2. The highest BCUT2D eigenvalue weighted by atomic mass is 16.5. The molecule has 1 atom stereocenters. The average Bonchev–Trinajstić information content (AvgIpc) is 3.05. The maximum Gasteiger partial charge on any atom is 0.264 e. The number of aliphatic hydroxyl groups excluding tert-OH is 1. The minimum atomic E-state index is -0.579. The molecular weight excluding hydrogens is 326 g/mol. The second-order valence-corrected chi connectivity index (χ2v) is 5.85. The zero-order valence-corrected chi connectivity index (χ0v) is 14.3. The predicted molar refractivity (Wildman–Crippen MR) is 88.6 cm³/mol. The van der Waals surface area contributed by atoms with Crippen molar-refractivity contribution < 1.29 is 23.8 Å². The molecule has 0 spiro atoms. The zero-order valence-electron chi connectivity index (χ0n) is 14.3. The van der Waals surface area contributed by atoms with Crippen LogP contribution in [0.25, 0.3) is 0 Å². The topological polar surface area (TPSA) is 90.1 Å². The van der Waals surface area contributed by atoms with E-state index in [1.807, 2.05) is 12.1 Å². The number of ether oxygens (including phenoxy) is 3. The van der Waals surface area contributed by atoms with Crippen molar-refractivity contribution in [2.45, 2.75) is 19.6 Å². The molecule has 0 amide bonds. The Labute approximate surface area is 146 Å². The molecule has 1 N–H and O–H groups in total. The van der Waals surface area contributed by atoms with Gasteiger partial charge in [-0.2, -0.15) is 4.98 Å². The molecule has 1 aromatic carbocycles. The third kappa shape index (κ3) is 5.42. The Kier molecular flexibility index (Phi) is 6.21. The standard InChI is InChI=1S/C17H23N3O5/c1-13-18-17(25-19-13)12-24-16-5-3-2-4-15(16)23-11-14(21)10-20-6-8-22-9-7-20/h2-5,14,21H,6-12H2,1H3/t14-/m0/s1. The summed E-state index contributed by atoms with van der Waals surface area (Å²) in [6.07, 6.45) is -0.579. The van der Waals surface area contributed by atoms with Crippen LogP contribution in [0.15, 0.2) is 28.8 Å². The molecule has 1 fully saturated rings. The molecule has 8 heteroatoms. The van der Waals surface area contributed by atoms with E-state index in [1.54, 1.807) is 19.1 Å². The van der Waals surface area contributed by atoms with E-state index in [0.29, 0.717) is 43.0 Å². The molecule has 0 radical (unpaired) electrons. The minimum absolute atomic E-state index is 0.164. The SMILES string of the molecule is Cc1noc(COc2ccccc2OC[C@@H](O)CN2CCOCC2)n1. The van der Waals surface area contributed by atoms with Crippen molar-refractivity contribution in [3.63, 3.8) is 0 Å². The minimum Gasteiger partial charge on any atom is -0.487 e. The average molecular weight is 349 g/mol. The van der Waals surface area contributed by atoms with Gasteiger partial charge in [0.15, 0.2) is 23.9 Å². The molecule has 1 aromatic heterocycles. The molecule has 136 valence electrons. The molecule has 3 rings (SSSR count). The monoisotopic (exact) mass is 349 g/mol. The Morgan fingerprint density at radius 2 is 1.92 bits per heavy atom. The summed E-state index contributed by atoms with van der Waals surface area (Å²) in [5, 5.41) is 13.9. The zero-order chi connectivity index (χ0) is 17.5. The molecule has 0 bridgehead atoms. The number of morpholine rings is 1. The van der Waals surface area contributed by atoms with Gasteiger partial charge in [0, 0.05) is 19.6 Å². The number of β-amino-alcohol motifs (C(OH)–C–C–N with tert-alkyl or cyclic N) is 1. The number of benzene rings is 1. The number of aliphatic hydroxyl groups is 1. The maximum atomic E-state index is 10.2. The summed E-state index contributed by atoms with van der Waals surface area (Å²) in [7, 11) is 0. The van der Waals surface area contributed by atoms with Crippen molar-refractivity contribution in [3.05, 3.63) is 36.0 Å². The molecule has 8 nitrogen and oxygen atoms in total. The largest absolute Gasteiger partial charge is 0.487 e. The second kappa shape index (κ2) is 8.80. The number of hydrogen-bond acceptors (Lipinski definition) is 8. The van der Waals surface area contributed by atoms with Gasteiger partial charge in [0.1, 0.15) is 12.7 Å². The van der Waals surface area contributed by atoms with Crippen LogP contribution < -0.4 is 9.47 Å². The summed E-state index contributed by atoms with van der Waals surface area (Å²) in [6.45, 7) is 5.75. The molecule has 0 unspecified atom stereocenters. The maximum absolute atomic E-state index is 10.2. The highest BCUT2D eigenvalue weighted by Crippen LogP contribution is 2.27. The van der Waals surface area contributed by atoms with Crippen molar-refractivity contribution in [1.29, 1.82) is 0 Å². The van der Waals surface area contributed by atoms with Crippen LogP contribution in [0.4, 0.5) is 0 Å². The summed E-state index contributed by atoms with van der Waals surface area (Å²) < 4.78 is 21.8. The van der Waals surface area contributed by atoms with Gasteiger partial charge < -0.3 is 23.8 Å². The van der Waals surface area contributed by atoms with Gasteiger partial charge in [0.2, 0.25) is 0 Å². The molecular formula is C17H23N3O5. The van der Waals surface area contributed by atoms with E-state index in [9.17, 15) is 5.11 Å². The summed E-state index contributed by atoms with van der Waals surface area (Å²) in [6, 6.07) is 7.31. The number of nitrogens with zero attached hydrogens (tertiary/aromatic N) is 3. The van der Waals surface area contributed by atoms with E-state index < -0.39 is 6.10 Å². The summed E-state index contributed by atoms with van der Waals surface area (Å²) >= 11 is 0. The molecule has 2 heterocycles. The van der Waals surface area contributed by atoms with Gasteiger partial charge >= 0.3 is 0 Å². The van der Waals surface area contributed by atoms with Crippen LogP contribution in [0, 0.1) is 6.92 Å². The van der Waals surface area contributed by atoms with E-state index in [4.69, 9.17) is 18.7 Å². The van der Waals surface area contributed by atoms with Crippen molar-refractivity contribution in [1.82, 2.24) is 15.0 Å². The quantitative estimate of drug-likeness (QED) is 0.756. The Morgan fingerprint density at radius 1 is 1.20 bits per heavy atom. The van der Waals surface area contributed by atoms with Crippen LogP contribution in [0.3, 0.4) is 0 Å². The van der Waals surface area contributed by atoms with Gasteiger partial charge in [-0.3, -0.25) is 4.90 Å². The highest BCUT2D eigenvalue weighted by molar-refractivity contribution is 5.39. The van der Waals surface area contributed by atoms with Crippen LogP contribution in [0.5, 0.6) is 11.5 Å². The van der Waals surface area contributed by atoms with E-state index in [0.717, 1.165) is 13.1 Å². The fourth-order valence-corrected chi connectivity index (χ4v) is 2.55. The van der Waals surface area contributed by atoms with Crippen LogP contribution in [0.1, 0.15) is 11.7 Å². The Balaban J connectivity index is 1.49. The van der Waals surface area contributed by atoms with Gasteiger partial charge in [-0.15, -0.1) is 0 Å². The molecule has 25 heavy (non-hydrogen) atoms. The summed E-state index contributed by atoms with van der Waals surface area (Å²) in [5.74, 6) is 2.10. The second-order valence-electron chi connectivity index (χ2n) is 5.85. The molecule has 1 aliphatic rings. The van der Waals surface area contributed by atoms with Crippen LogP contribution in [-0.2, 0) is 11.3 Å². The number of rotatable bonds is 8. The predicted octanol–water partition coefficient (Wildman–Crippen LogP) is 1.03. The summed E-state index contributed by atoms with van der Waals surface area (Å²) in [4.78, 5) is 6.26. The Hall–Kier alpha value is -2.16. The normalized spacial score (nSPS) is 16.6. The lowest BCUT2D eigenvalue weighted by Gasteiger charge is -2.28. The van der Waals surface area contributed by atoms with Gasteiger partial charge in [-0.1, -0.05) is 17.3 Å². The van der Waals surface area contributed by atoms with Crippen LogP contribution >= 0.6 is 0 Å². The molecule has 1 aliphatic heterocycles. The van der Waals surface area contributed by atoms with E-state index in [-0.39, 0.29) is 13.2 Å². The smallest absolute Gasteiger partial charge is 0.264 e. The Bertz CT molecular complexity index is 657. The van der Waals surface area contributed by atoms with Gasteiger partial charge in [0.25, 0.3) is 5.89 Å². The van der Waals surface area contributed by atoms with Crippen LogP contribution in [0.2, 0.25) is 0 Å². The van der Waals surface area contributed by atoms with Gasteiger partial charge in [-0.05, 0) is 19.1 Å². The highest BCUT2D eigenvalue weighted by Gasteiger charge is 2.16. The van der Waals surface area contributed by atoms with Gasteiger partial charge in [0.05, 0.1) is 13.2 Å². The first-order valence-electron chi connectivity index (χ1n) is 8.32. The number of aromatic nitrogens is 2. The lowest BCUT2D eigenvalue weighted by Crippen LogP contribution is -2.42. The fourth-order valence-electron chi connectivity index (χ4n) is 2.55.